The van der Waals surface area contributed by atoms with Crippen LogP contribution >= 0.6 is 0 Å². The first-order valence-corrected chi connectivity index (χ1v) is 5.96. The van der Waals surface area contributed by atoms with Gasteiger partial charge < -0.3 is 9.47 Å². The fraction of sp³-hybridized carbons (Fsp3) is 0.267. The lowest BCUT2D eigenvalue weighted by molar-refractivity contribution is -0.145. The van der Waals surface area contributed by atoms with Gasteiger partial charge in [-0.05, 0) is 17.7 Å². The third kappa shape index (κ3) is 3.77. The number of hydrogen-bond donors (Lipinski definition) is 0. The van der Waals surface area contributed by atoms with Gasteiger partial charge in [-0.25, -0.2) is 0 Å². The summed E-state index contributed by atoms with van der Waals surface area (Å²) in [6.07, 6.45) is 7.75. The van der Waals surface area contributed by atoms with E-state index in [1.165, 1.54) is 6.92 Å². The van der Waals surface area contributed by atoms with Crippen molar-refractivity contribution in [1.29, 1.82) is 0 Å². The highest BCUT2D eigenvalue weighted by atomic mass is 16.5. The number of rotatable bonds is 3. The van der Waals surface area contributed by atoms with Crippen LogP contribution in [0.1, 0.15) is 18.9 Å². The zero-order valence-corrected chi connectivity index (χ0v) is 10.3. The van der Waals surface area contributed by atoms with Crippen molar-refractivity contribution in [2.75, 3.05) is 0 Å². The molecule has 0 spiro atoms. The second-order valence-electron chi connectivity index (χ2n) is 4.16. The Hall–Kier alpha value is -2.03. The number of esters is 1. The molecule has 0 unspecified atom stereocenters. The third-order valence-corrected chi connectivity index (χ3v) is 2.63. The van der Waals surface area contributed by atoms with Crippen molar-refractivity contribution >= 4 is 12.0 Å². The molecule has 1 aliphatic rings. The van der Waals surface area contributed by atoms with Gasteiger partial charge in [0.1, 0.15) is 12.2 Å². The van der Waals surface area contributed by atoms with Crippen molar-refractivity contribution in [3.63, 3.8) is 0 Å². The lowest BCUT2D eigenvalue weighted by atomic mass is 10.1. The summed E-state index contributed by atoms with van der Waals surface area (Å²) in [5, 5.41) is 0. The summed E-state index contributed by atoms with van der Waals surface area (Å²) < 4.78 is 10.6. The first kappa shape index (κ1) is 12.4. The molecule has 94 valence electrons. The monoisotopic (exact) mass is 244 g/mol. The zero-order valence-electron chi connectivity index (χ0n) is 10.3. The minimum atomic E-state index is -0.266. The highest BCUT2D eigenvalue weighted by Crippen LogP contribution is 2.16. The van der Waals surface area contributed by atoms with Crippen LogP contribution in [0.15, 0.2) is 48.7 Å². The topological polar surface area (TPSA) is 35.5 Å². The first-order valence-electron chi connectivity index (χ1n) is 5.96. The van der Waals surface area contributed by atoms with Gasteiger partial charge >= 0.3 is 5.97 Å². The van der Waals surface area contributed by atoms with Crippen LogP contribution in [0, 0.1) is 0 Å². The van der Waals surface area contributed by atoms with E-state index in [-0.39, 0.29) is 18.2 Å². The minimum absolute atomic E-state index is 0.0560. The van der Waals surface area contributed by atoms with Crippen molar-refractivity contribution < 1.29 is 14.3 Å². The second kappa shape index (κ2) is 6.05. The Morgan fingerprint density at radius 3 is 2.89 bits per heavy atom. The van der Waals surface area contributed by atoms with E-state index in [0.717, 1.165) is 5.56 Å². The van der Waals surface area contributed by atoms with Gasteiger partial charge in [-0.15, -0.1) is 0 Å². The van der Waals surface area contributed by atoms with E-state index in [1.54, 1.807) is 12.3 Å². The molecule has 3 nitrogen and oxygen atoms in total. The van der Waals surface area contributed by atoms with Gasteiger partial charge in [0.15, 0.2) is 0 Å². The van der Waals surface area contributed by atoms with Crippen LogP contribution in [0.3, 0.4) is 0 Å². The molecule has 0 saturated carbocycles. The molecule has 0 aliphatic carbocycles. The summed E-state index contributed by atoms with van der Waals surface area (Å²) in [5.74, 6) is -0.266. The SMILES string of the molecule is CC(=O)O[C@@H]1C=CO[C@@H](/C=C/c2ccccc2)C1. The Morgan fingerprint density at radius 1 is 1.39 bits per heavy atom. The smallest absolute Gasteiger partial charge is 0.303 e. The number of carbonyl (C=O) groups is 1. The Kier molecular flexibility index (Phi) is 4.18. The third-order valence-electron chi connectivity index (χ3n) is 2.63. The molecule has 1 heterocycles. The van der Waals surface area contributed by atoms with Gasteiger partial charge in [0.25, 0.3) is 0 Å². The fourth-order valence-corrected chi connectivity index (χ4v) is 1.80. The molecular formula is C15H16O3. The van der Waals surface area contributed by atoms with Crippen LogP contribution in [0.2, 0.25) is 0 Å². The zero-order chi connectivity index (χ0) is 12.8. The fourth-order valence-electron chi connectivity index (χ4n) is 1.80. The Morgan fingerprint density at radius 2 is 2.17 bits per heavy atom. The van der Waals surface area contributed by atoms with Gasteiger partial charge in [0, 0.05) is 13.3 Å². The maximum atomic E-state index is 10.9. The van der Waals surface area contributed by atoms with E-state index in [4.69, 9.17) is 9.47 Å². The lowest BCUT2D eigenvalue weighted by Crippen LogP contribution is -2.24. The predicted molar refractivity (Wildman–Crippen MR) is 69.7 cm³/mol. The van der Waals surface area contributed by atoms with E-state index >= 15 is 0 Å². The average molecular weight is 244 g/mol. The number of carbonyl (C=O) groups excluding carboxylic acids is 1. The maximum Gasteiger partial charge on any atom is 0.303 e. The molecule has 3 heteroatoms. The molecule has 18 heavy (non-hydrogen) atoms. The molecule has 0 N–H and O–H groups in total. The molecule has 0 bridgehead atoms. The molecule has 0 aromatic heterocycles. The molecule has 2 atom stereocenters. The second-order valence-corrected chi connectivity index (χ2v) is 4.16. The summed E-state index contributed by atoms with van der Waals surface area (Å²) in [5.41, 5.74) is 1.12. The molecular weight excluding hydrogens is 228 g/mol. The van der Waals surface area contributed by atoms with Crippen LogP contribution in [-0.4, -0.2) is 18.2 Å². The summed E-state index contributed by atoms with van der Waals surface area (Å²) in [6.45, 7) is 1.41. The van der Waals surface area contributed by atoms with Crippen molar-refractivity contribution in [2.45, 2.75) is 25.6 Å². The van der Waals surface area contributed by atoms with Crippen molar-refractivity contribution in [3.8, 4) is 0 Å². The maximum absolute atomic E-state index is 10.9. The summed E-state index contributed by atoms with van der Waals surface area (Å²) >= 11 is 0. The molecule has 1 aliphatic heterocycles. The van der Waals surface area contributed by atoms with Crippen molar-refractivity contribution in [2.24, 2.45) is 0 Å². The number of hydrogen-bond acceptors (Lipinski definition) is 3. The molecule has 0 fully saturated rings. The predicted octanol–water partition coefficient (Wildman–Crippen LogP) is 2.93. The first-order chi connectivity index (χ1) is 8.74. The van der Waals surface area contributed by atoms with Gasteiger partial charge in [-0.1, -0.05) is 36.4 Å². The normalized spacial score (nSPS) is 22.7. The standard InChI is InChI=1S/C15H16O3/c1-12(16)18-15-9-10-17-14(11-15)8-7-13-5-3-2-4-6-13/h2-10,14-15H,11H2,1H3/b8-7+/t14-,15+/m0/s1. The van der Waals surface area contributed by atoms with Gasteiger partial charge in [-0.3, -0.25) is 4.79 Å². The minimum Gasteiger partial charge on any atom is -0.494 e. The lowest BCUT2D eigenvalue weighted by Gasteiger charge is -2.22. The molecule has 2 rings (SSSR count). The average Bonchev–Trinajstić information content (AvgIpc) is 2.37. The van der Waals surface area contributed by atoms with E-state index < -0.39 is 0 Å². The molecule has 0 radical (unpaired) electrons. The number of ether oxygens (including phenoxy) is 2. The van der Waals surface area contributed by atoms with E-state index in [0.29, 0.717) is 6.42 Å². The Bertz CT molecular complexity index is 448. The summed E-state index contributed by atoms with van der Waals surface area (Å²) in [7, 11) is 0. The van der Waals surface area contributed by atoms with Gasteiger partial charge in [-0.2, -0.15) is 0 Å². The molecule has 1 aromatic rings. The Labute approximate surface area is 107 Å². The van der Waals surface area contributed by atoms with Crippen LogP contribution in [0.25, 0.3) is 6.08 Å². The molecule has 0 amide bonds. The van der Waals surface area contributed by atoms with E-state index in [1.807, 2.05) is 42.5 Å². The van der Waals surface area contributed by atoms with Crippen molar-refractivity contribution in [3.05, 3.63) is 54.3 Å². The Balaban J connectivity index is 1.93. The van der Waals surface area contributed by atoms with Gasteiger partial charge in [0.05, 0.1) is 6.26 Å². The van der Waals surface area contributed by atoms with Crippen LogP contribution in [-0.2, 0) is 14.3 Å². The summed E-state index contributed by atoms with van der Waals surface area (Å²) in [6, 6.07) is 10.0. The van der Waals surface area contributed by atoms with E-state index in [2.05, 4.69) is 0 Å². The van der Waals surface area contributed by atoms with Crippen LogP contribution in [0.4, 0.5) is 0 Å². The quantitative estimate of drug-likeness (QED) is 0.767. The van der Waals surface area contributed by atoms with Crippen molar-refractivity contribution in [1.82, 2.24) is 0 Å². The largest absolute Gasteiger partial charge is 0.494 e. The van der Waals surface area contributed by atoms with E-state index in [9.17, 15) is 4.79 Å². The molecule has 1 aromatic carbocycles. The van der Waals surface area contributed by atoms with Crippen LogP contribution in [0.5, 0.6) is 0 Å². The summed E-state index contributed by atoms with van der Waals surface area (Å²) in [4.78, 5) is 10.9. The van der Waals surface area contributed by atoms with Crippen LogP contribution < -0.4 is 0 Å². The molecule has 0 saturated heterocycles. The highest BCUT2D eigenvalue weighted by Gasteiger charge is 2.18. The number of benzene rings is 1. The highest BCUT2D eigenvalue weighted by molar-refractivity contribution is 5.66. The van der Waals surface area contributed by atoms with Gasteiger partial charge in [0.2, 0.25) is 0 Å².